The molecule has 0 bridgehead atoms. The molecular weight excluding hydrogens is 312 g/mol. The van der Waals surface area contributed by atoms with Crippen LogP contribution in [0.1, 0.15) is 24.6 Å². The highest BCUT2D eigenvalue weighted by Gasteiger charge is 2.34. The van der Waals surface area contributed by atoms with Gasteiger partial charge in [0.2, 0.25) is 5.91 Å². The second kappa shape index (κ2) is 5.72. The summed E-state index contributed by atoms with van der Waals surface area (Å²) in [5.41, 5.74) is 5.88. The van der Waals surface area contributed by atoms with Gasteiger partial charge in [-0.25, -0.2) is 0 Å². The van der Waals surface area contributed by atoms with Gasteiger partial charge in [0, 0.05) is 34.2 Å². The van der Waals surface area contributed by atoms with E-state index in [0.29, 0.717) is 13.0 Å². The lowest BCUT2D eigenvalue weighted by Crippen LogP contribution is -2.34. The minimum absolute atomic E-state index is 0.127. The maximum Gasteiger partial charge on any atom is 0.222 e. The van der Waals surface area contributed by atoms with Crippen molar-refractivity contribution < 1.29 is 4.79 Å². The van der Waals surface area contributed by atoms with Crippen molar-refractivity contribution in [3.63, 3.8) is 0 Å². The molecule has 0 spiro atoms. The maximum atomic E-state index is 12.1. The quantitative estimate of drug-likeness (QED) is 0.922. The van der Waals surface area contributed by atoms with E-state index in [-0.39, 0.29) is 11.3 Å². The molecule has 1 aliphatic heterocycles. The number of amides is 1. The van der Waals surface area contributed by atoms with Crippen molar-refractivity contribution in [1.29, 1.82) is 0 Å². The number of rotatable bonds is 4. The smallest absolute Gasteiger partial charge is 0.222 e. The Morgan fingerprint density at radius 1 is 1.67 bits per heavy atom. The van der Waals surface area contributed by atoms with E-state index < -0.39 is 0 Å². The molecule has 2 rings (SSSR count). The summed E-state index contributed by atoms with van der Waals surface area (Å²) in [6.45, 7) is 4.50. The molecule has 100 valence electrons. The first-order valence-corrected chi connectivity index (χ1v) is 7.90. The molecule has 1 amide bonds. The first-order chi connectivity index (χ1) is 8.52. The lowest BCUT2D eigenvalue weighted by atomic mass is 9.90. The van der Waals surface area contributed by atoms with Crippen LogP contribution in [-0.4, -0.2) is 30.4 Å². The molecule has 18 heavy (non-hydrogen) atoms. The zero-order valence-corrected chi connectivity index (χ0v) is 13.0. The zero-order chi connectivity index (χ0) is 13.2. The Morgan fingerprint density at radius 3 is 3.00 bits per heavy atom. The summed E-state index contributed by atoms with van der Waals surface area (Å²) in [5, 5.41) is 2.06. The number of aryl methyl sites for hydroxylation is 1. The lowest BCUT2D eigenvalue weighted by Gasteiger charge is -2.22. The van der Waals surface area contributed by atoms with Crippen LogP contribution < -0.4 is 5.73 Å². The molecule has 2 N–H and O–H groups in total. The predicted molar refractivity (Wildman–Crippen MR) is 78.7 cm³/mol. The largest absolute Gasteiger partial charge is 0.342 e. The van der Waals surface area contributed by atoms with Gasteiger partial charge >= 0.3 is 0 Å². The first-order valence-electron chi connectivity index (χ1n) is 6.23. The summed E-state index contributed by atoms with van der Waals surface area (Å²) in [7, 11) is 0. The lowest BCUT2D eigenvalue weighted by molar-refractivity contribution is -0.130. The van der Waals surface area contributed by atoms with E-state index >= 15 is 0 Å². The van der Waals surface area contributed by atoms with Crippen LogP contribution in [-0.2, 0) is 11.2 Å². The molecule has 1 aromatic rings. The van der Waals surface area contributed by atoms with Gasteiger partial charge in [0.15, 0.2) is 0 Å². The number of carbonyl (C=O) groups is 1. The SMILES string of the molecule is CC1(CN)CCN(C(=O)CCc2cc(Br)cs2)C1. The highest BCUT2D eigenvalue weighted by atomic mass is 79.9. The fourth-order valence-electron chi connectivity index (χ4n) is 2.28. The number of hydrogen-bond acceptors (Lipinski definition) is 3. The number of likely N-dealkylation sites (tertiary alicyclic amines) is 1. The van der Waals surface area contributed by atoms with Gasteiger partial charge in [-0.1, -0.05) is 6.92 Å². The molecule has 5 heteroatoms. The maximum absolute atomic E-state index is 12.1. The van der Waals surface area contributed by atoms with E-state index in [1.165, 1.54) is 4.88 Å². The van der Waals surface area contributed by atoms with Gasteiger partial charge in [0.25, 0.3) is 0 Å². The highest BCUT2D eigenvalue weighted by molar-refractivity contribution is 9.10. The van der Waals surface area contributed by atoms with Crippen LogP contribution in [0.15, 0.2) is 15.9 Å². The van der Waals surface area contributed by atoms with E-state index in [9.17, 15) is 4.79 Å². The molecule has 1 atom stereocenters. The minimum atomic E-state index is 0.127. The minimum Gasteiger partial charge on any atom is -0.342 e. The number of halogens is 1. The van der Waals surface area contributed by atoms with Crippen molar-refractivity contribution in [3.05, 3.63) is 20.8 Å². The van der Waals surface area contributed by atoms with Gasteiger partial charge in [-0.05, 0) is 46.8 Å². The summed E-state index contributed by atoms with van der Waals surface area (Å²) >= 11 is 5.13. The predicted octanol–water partition coefficient (Wildman–Crippen LogP) is 2.64. The molecule has 3 nitrogen and oxygen atoms in total. The third-order valence-electron chi connectivity index (χ3n) is 3.61. The molecule has 1 aliphatic rings. The van der Waals surface area contributed by atoms with E-state index in [1.54, 1.807) is 11.3 Å². The summed E-state index contributed by atoms with van der Waals surface area (Å²) in [5.74, 6) is 0.261. The van der Waals surface area contributed by atoms with Crippen LogP contribution in [0.3, 0.4) is 0 Å². The summed E-state index contributed by atoms with van der Waals surface area (Å²) in [6, 6.07) is 2.09. The van der Waals surface area contributed by atoms with Crippen LogP contribution in [0, 0.1) is 5.41 Å². The van der Waals surface area contributed by atoms with Gasteiger partial charge in [-0.2, -0.15) is 0 Å². The van der Waals surface area contributed by atoms with E-state index in [4.69, 9.17) is 5.73 Å². The summed E-state index contributed by atoms with van der Waals surface area (Å²) in [6.07, 6.45) is 2.47. The van der Waals surface area contributed by atoms with Gasteiger partial charge in [0.1, 0.15) is 0 Å². The molecule has 1 aromatic heterocycles. The van der Waals surface area contributed by atoms with Crippen molar-refractivity contribution in [2.75, 3.05) is 19.6 Å². The third-order valence-corrected chi connectivity index (χ3v) is 5.37. The fraction of sp³-hybridized carbons (Fsp3) is 0.615. The van der Waals surface area contributed by atoms with Crippen LogP contribution >= 0.6 is 27.3 Å². The fourth-order valence-corrected chi connectivity index (χ4v) is 3.73. The van der Waals surface area contributed by atoms with Crippen molar-refractivity contribution in [3.8, 4) is 0 Å². The molecule has 0 saturated carbocycles. The second-order valence-electron chi connectivity index (χ2n) is 5.31. The van der Waals surface area contributed by atoms with Gasteiger partial charge in [-0.15, -0.1) is 11.3 Å². The molecule has 0 radical (unpaired) electrons. The van der Waals surface area contributed by atoms with Crippen molar-refractivity contribution in [2.45, 2.75) is 26.2 Å². The normalized spacial score (nSPS) is 23.6. The molecule has 0 aromatic carbocycles. The Balaban J connectivity index is 1.82. The van der Waals surface area contributed by atoms with E-state index in [2.05, 4.69) is 34.3 Å². The Kier molecular flexibility index (Phi) is 4.45. The second-order valence-corrected chi connectivity index (χ2v) is 7.22. The summed E-state index contributed by atoms with van der Waals surface area (Å²) < 4.78 is 1.10. The number of thiophene rings is 1. The molecule has 1 fully saturated rings. The summed E-state index contributed by atoms with van der Waals surface area (Å²) in [4.78, 5) is 15.3. The zero-order valence-electron chi connectivity index (χ0n) is 10.6. The number of hydrogen-bond donors (Lipinski definition) is 1. The van der Waals surface area contributed by atoms with Gasteiger partial charge in [0.05, 0.1) is 0 Å². The number of nitrogens with zero attached hydrogens (tertiary/aromatic N) is 1. The number of nitrogens with two attached hydrogens (primary N) is 1. The Bertz CT molecular complexity index is 434. The van der Waals surface area contributed by atoms with Crippen molar-refractivity contribution in [2.24, 2.45) is 11.1 Å². The van der Waals surface area contributed by atoms with Gasteiger partial charge in [-0.3, -0.25) is 4.79 Å². The van der Waals surface area contributed by atoms with Crippen LogP contribution in [0.4, 0.5) is 0 Å². The van der Waals surface area contributed by atoms with E-state index in [0.717, 1.165) is 30.4 Å². The van der Waals surface area contributed by atoms with Crippen LogP contribution in [0.25, 0.3) is 0 Å². The molecule has 0 aliphatic carbocycles. The molecule has 1 unspecified atom stereocenters. The van der Waals surface area contributed by atoms with Crippen molar-refractivity contribution >= 4 is 33.2 Å². The average Bonchev–Trinajstić information content (AvgIpc) is 2.94. The monoisotopic (exact) mass is 330 g/mol. The topological polar surface area (TPSA) is 46.3 Å². The van der Waals surface area contributed by atoms with Gasteiger partial charge < -0.3 is 10.6 Å². The Morgan fingerprint density at radius 2 is 2.44 bits per heavy atom. The molecule has 1 saturated heterocycles. The van der Waals surface area contributed by atoms with Crippen LogP contribution in [0.5, 0.6) is 0 Å². The van der Waals surface area contributed by atoms with Crippen LogP contribution in [0.2, 0.25) is 0 Å². The van der Waals surface area contributed by atoms with E-state index in [1.807, 2.05) is 4.90 Å². The number of carbonyl (C=O) groups excluding carboxylic acids is 1. The average molecular weight is 331 g/mol. The molecular formula is C13H19BrN2OS. The Hall–Kier alpha value is -0.390. The van der Waals surface area contributed by atoms with Crippen molar-refractivity contribution in [1.82, 2.24) is 4.90 Å². The molecule has 2 heterocycles. The standard InChI is InChI=1S/C13H19BrN2OS/c1-13(8-15)4-5-16(9-13)12(17)3-2-11-6-10(14)7-18-11/h6-7H,2-5,8-9,15H2,1H3. The first kappa shape index (κ1) is 14.0. The highest BCUT2D eigenvalue weighted by Crippen LogP contribution is 2.29. The Labute approximate surface area is 120 Å². The third kappa shape index (κ3) is 3.33.